The van der Waals surface area contributed by atoms with Crippen molar-refractivity contribution in [2.75, 3.05) is 13.7 Å². The van der Waals surface area contributed by atoms with E-state index < -0.39 is 0 Å². The molecule has 0 radical (unpaired) electrons. The van der Waals surface area contributed by atoms with Crippen LogP contribution in [-0.2, 0) is 20.7 Å². The molecule has 24 heavy (non-hydrogen) atoms. The number of nitrogens with one attached hydrogen (secondary N) is 2. The van der Waals surface area contributed by atoms with Gasteiger partial charge in [0.05, 0.1) is 19.2 Å². The van der Waals surface area contributed by atoms with Crippen molar-refractivity contribution in [1.82, 2.24) is 4.90 Å². The Morgan fingerprint density at radius 3 is 2.46 bits per heavy atom. The summed E-state index contributed by atoms with van der Waals surface area (Å²) in [5.41, 5.74) is 1.02. The largest absolute Gasteiger partial charge is 0.491 e. The molecule has 0 saturated heterocycles. The molecule has 1 heterocycles. The van der Waals surface area contributed by atoms with Crippen LogP contribution in [0.1, 0.15) is 19.4 Å². The first-order chi connectivity index (χ1) is 11.3. The van der Waals surface area contributed by atoms with Crippen LogP contribution in [0.15, 0.2) is 35.6 Å². The standard InChI is InChI=1S/C17H20FN3O3/c1-10(2)21-9-13(15(23-3)17(21)22)16(20)24-14(19)8-11-4-6-12(18)7-5-11/h4-7,10,19-20H,8-9H2,1-3H3. The second-order valence-electron chi connectivity index (χ2n) is 5.70. The highest BCUT2D eigenvalue weighted by Gasteiger charge is 2.36. The van der Waals surface area contributed by atoms with Gasteiger partial charge in [0.2, 0.25) is 5.90 Å². The zero-order valence-corrected chi connectivity index (χ0v) is 13.9. The monoisotopic (exact) mass is 333 g/mol. The van der Waals surface area contributed by atoms with Crippen molar-refractivity contribution in [3.8, 4) is 0 Å². The molecule has 0 spiro atoms. The summed E-state index contributed by atoms with van der Waals surface area (Å²) in [6.45, 7) is 3.95. The predicted octanol–water partition coefficient (Wildman–Crippen LogP) is 2.49. The van der Waals surface area contributed by atoms with Crippen LogP contribution >= 0.6 is 0 Å². The van der Waals surface area contributed by atoms with E-state index in [1.807, 2.05) is 13.8 Å². The van der Waals surface area contributed by atoms with Crippen LogP contribution in [0.2, 0.25) is 0 Å². The first kappa shape index (κ1) is 17.7. The van der Waals surface area contributed by atoms with Gasteiger partial charge in [-0.3, -0.25) is 15.6 Å². The van der Waals surface area contributed by atoms with Gasteiger partial charge in [-0.1, -0.05) is 12.1 Å². The van der Waals surface area contributed by atoms with Crippen molar-refractivity contribution in [2.45, 2.75) is 26.3 Å². The summed E-state index contributed by atoms with van der Waals surface area (Å²) in [5, 5.41) is 15.9. The maximum Gasteiger partial charge on any atom is 0.290 e. The lowest BCUT2D eigenvalue weighted by Crippen LogP contribution is -2.34. The van der Waals surface area contributed by atoms with Crippen LogP contribution in [-0.4, -0.2) is 42.3 Å². The van der Waals surface area contributed by atoms with Crippen LogP contribution in [0.5, 0.6) is 0 Å². The summed E-state index contributed by atoms with van der Waals surface area (Å²) in [7, 11) is 1.37. The van der Waals surface area contributed by atoms with Crippen molar-refractivity contribution >= 4 is 17.7 Å². The zero-order valence-electron chi connectivity index (χ0n) is 13.9. The number of halogens is 1. The molecular formula is C17H20FN3O3. The highest BCUT2D eigenvalue weighted by Crippen LogP contribution is 2.23. The molecule has 0 bridgehead atoms. The topological polar surface area (TPSA) is 86.5 Å². The number of hydrogen-bond donors (Lipinski definition) is 2. The van der Waals surface area contributed by atoms with E-state index >= 15 is 0 Å². The van der Waals surface area contributed by atoms with Crippen LogP contribution in [0.4, 0.5) is 4.39 Å². The molecule has 6 nitrogen and oxygen atoms in total. The van der Waals surface area contributed by atoms with Gasteiger partial charge in [0.25, 0.3) is 5.91 Å². The number of rotatable bonds is 5. The minimum Gasteiger partial charge on any atom is -0.491 e. The quantitative estimate of drug-likeness (QED) is 0.641. The Kier molecular flexibility index (Phi) is 5.33. The molecule has 0 unspecified atom stereocenters. The van der Waals surface area contributed by atoms with Crippen molar-refractivity contribution in [1.29, 1.82) is 10.8 Å². The van der Waals surface area contributed by atoms with Gasteiger partial charge in [-0.05, 0) is 31.5 Å². The lowest BCUT2D eigenvalue weighted by Gasteiger charge is -2.20. The third kappa shape index (κ3) is 3.79. The Labute approximate surface area is 139 Å². The Morgan fingerprint density at radius 1 is 1.29 bits per heavy atom. The Bertz CT molecular complexity index is 696. The van der Waals surface area contributed by atoms with Gasteiger partial charge in [0, 0.05) is 12.5 Å². The lowest BCUT2D eigenvalue weighted by atomic mass is 10.1. The molecule has 0 atom stereocenters. The van der Waals surface area contributed by atoms with Crippen LogP contribution < -0.4 is 0 Å². The fourth-order valence-corrected chi connectivity index (χ4v) is 2.38. The summed E-state index contributed by atoms with van der Waals surface area (Å²) < 4.78 is 23.2. The minimum absolute atomic E-state index is 0.0355. The van der Waals surface area contributed by atoms with Gasteiger partial charge in [0.15, 0.2) is 11.7 Å². The van der Waals surface area contributed by atoms with Crippen LogP contribution in [0.25, 0.3) is 0 Å². The second kappa shape index (κ2) is 7.25. The molecule has 1 aliphatic rings. The molecule has 1 amide bonds. The molecule has 1 aromatic rings. The molecule has 1 aliphatic heterocycles. The van der Waals surface area contributed by atoms with Gasteiger partial charge in [-0.15, -0.1) is 0 Å². The van der Waals surface area contributed by atoms with E-state index in [2.05, 4.69) is 0 Å². The van der Waals surface area contributed by atoms with Crippen molar-refractivity contribution in [3.63, 3.8) is 0 Å². The van der Waals surface area contributed by atoms with Crippen molar-refractivity contribution in [2.24, 2.45) is 0 Å². The van der Waals surface area contributed by atoms with Gasteiger partial charge in [-0.2, -0.15) is 0 Å². The van der Waals surface area contributed by atoms with E-state index in [1.165, 1.54) is 19.2 Å². The molecule has 1 aromatic carbocycles. The number of amides is 1. The highest BCUT2D eigenvalue weighted by atomic mass is 19.1. The first-order valence-electron chi connectivity index (χ1n) is 7.50. The summed E-state index contributed by atoms with van der Waals surface area (Å²) in [4.78, 5) is 13.8. The Hall–Kier alpha value is -2.70. The molecule has 2 rings (SSSR count). The molecular weight excluding hydrogens is 313 g/mol. The number of methoxy groups -OCH3 is 1. The zero-order chi connectivity index (χ0) is 17.9. The maximum atomic E-state index is 12.9. The van der Waals surface area contributed by atoms with E-state index in [9.17, 15) is 9.18 Å². The number of ether oxygens (including phenoxy) is 2. The first-order valence-corrected chi connectivity index (χ1v) is 7.50. The van der Waals surface area contributed by atoms with Gasteiger partial charge in [0.1, 0.15) is 5.82 Å². The van der Waals surface area contributed by atoms with Gasteiger partial charge >= 0.3 is 0 Å². The van der Waals surface area contributed by atoms with E-state index in [0.717, 1.165) is 0 Å². The SMILES string of the molecule is COC1=C(C(=N)OC(=N)Cc2ccc(F)cc2)CN(C(C)C)C1=O. The summed E-state index contributed by atoms with van der Waals surface area (Å²) in [5.74, 6) is -1.02. The molecule has 7 heteroatoms. The number of carbonyl (C=O) groups excluding carboxylic acids is 1. The molecule has 2 N–H and O–H groups in total. The van der Waals surface area contributed by atoms with E-state index in [4.69, 9.17) is 20.3 Å². The summed E-state index contributed by atoms with van der Waals surface area (Å²) >= 11 is 0. The third-order valence-corrected chi connectivity index (χ3v) is 3.66. The van der Waals surface area contributed by atoms with Crippen molar-refractivity contribution < 1.29 is 18.7 Å². The average Bonchev–Trinajstić information content (AvgIpc) is 2.86. The second-order valence-corrected chi connectivity index (χ2v) is 5.70. The number of carbonyl (C=O) groups is 1. The number of nitrogens with zero attached hydrogens (tertiary/aromatic N) is 1. The molecule has 0 aromatic heterocycles. The van der Waals surface area contributed by atoms with E-state index in [-0.39, 0.29) is 48.3 Å². The normalized spacial score (nSPS) is 14.4. The minimum atomic E-state index is -0.355. The molecule has 0 aliphatic carbocycles. The van der Waals surface area contributed by atoms with Gasteiger partial charge < -0.3 is 14.4 Å². The lowest BCUT2D eigenvalue weighted by molar-refractivity contribution is -0.129. The molecule has 0 saturated carbocycles. The Morgan fingerprint density at radius 2 is 1.92 bits per heavy atom. The van der Waals surface area contributed by atoms with E-state index in [1.54, 1.807) is 17.0 Å². The summed E-state index contributed by atoms with van der Waals surface area (Å²) in [6, 6.07) is 5.67. The molecule has 128 valence electrons. The van der Waals surface area contributed by atoms with E-state index in [0.29, 0.717) is 11.1 Å². The van der Waals surface area contributed by atoms with Gasteiger partial charge in [-0.25, -0.2) is 4.39 Å². The fourth-order valence-electron chi connectivity index (χ4n) is 2.38. The highest BCUT2D eigenvalue weighted by molar-refractivity contribution is 6.09. The smallest absolute Gasteiger partial charge is 0.290 e. The predicted molar refractivity (Wildman–Crippen MR) is 87.5 cm³/mol. The van der Waals surface area contributed by atoms with Crippen LogP contribution in [0.3, 0.4) is 0 Å². The molecule has 0 fully saturated rings. The Balaban J connectivity index is 2.05. The third-order valence-electron chi connectivity index (χ3n) is 3.66. The maximum absolute atomic E-state index is 12.9. The number of benzene rings is 1. The number of hydrogen-bond acceptors (Lipinski definition) is 5. The van der Waals surface area contributed by atoms with Crippen molar-refractivity contribution in [3.05, 3.63) is 47.0 Å². The summed E-state index contributed by atoms with van der Waals surface area (Å²) in [6.07, 6.45) is 0.125. The van der Waals surface area contributed by atoms with Crippen LogP contribution in [0, 0.1) is 16.6 Å². The fraction of sp³-hybridized carbons (Fsp3) is 0.353. The average molecular weight is 333 g/mol.